The lowest BCUT2D eigenvalue weighted by Gasteiger charge is -2.26. The molecular formula is C24H28ClN3O5. The van der Waals surface area contributed by atoms with Crippen LogP contribution in [0, 0.1) is 0 Å². The number of imide groups is 1. The van der Waals surface area contributed by atoms with Gasteiger partial charge in [0.25, 0.3) is 5.91 Å². The number of nitrogens with one attached hydrogen (secondary N) is 1. The molecule has 0 radical (unpaired) electrons. The highest BCUT2D eigenvalue weighted by Crippen LogP contribution is 2.33. The van der Waals surface area contributed by atoms with E-state index in [1.54, 1.807) is 45.5 Å². The van der Waals surface area contributed by atoms with Crippen LogP contribution in [-0.4, -0.2) is 62.0 Å². The van der Waals surface area contributed by atoms with Crippen molar-refractivity contribution < 1.29 is 23.9 Å². The Morgan fingerprint density at radius 3 is 2.36 bits per heavy atom. The van der Waals surface area contributed by atoms with Gasteiger partial charge in [0, 0.05) is 18.6 Å². The summed E-state index contributed by atoms with van der Waals surface area (Å²) in [6, 6.07) is 11.8. The second kappa shape index (κ2) is 10.1. The Morgan fingerprint density at radius 1 is 1.09 bits per heavy atom. The minimum absolute atomic E-state index is 0.331. The molecule has 0 aliphatic carbocycles. The molecule has 1 atom stereocenters. The van der Waals surface area contributed by atoms with Crippen molar-refractivity contribution in [3.8, 4) is 11.5 Å². The first-order valence-electron chi connectivity index (χ1n) is 10.6. The third-order valence-electron chi connectivity index (χ3n) is 5.95. The molecule has 33 heavy (non-hydrogen) atoms. The molecule has 1 N–H and O–H groups in total. The van der Waals surface area contributed by atoms with E-state index in [-0.39, 0.29) is 12.5 Å². The lowest BCUT2D eigenvalue weighted by atomic mass is 9.87. The van der Waals surface area contributed by atoms with Gasteiger partial charge >= 0.3 is 6.03 Å². The monoisotopic (exact) mass is 473 g/mol. The summed E-state index contributed by atoms with van der Waals surface area (Å²) in [5.74, 6) is 0.465. The second-order valence-corrected chi connectivity index (χ2v) is 8.28. The first-order valence-corrected chi connectivity index (χ1v) is 11.0. The van der Waals surface area contributed by atoms with Crippen LogP contribution in [0.4, 0.5) is 4.79 Å². The van der Waals surface area contributed by atoms with Gasteiger partial charge in [-0.05, 0) is 48.2 Å². The smallest absolute Gasteiger partial charge is 0.325 e. The van der Waals surface area contributed by atoms with Gasteiger partial charge in [-0.25, -0.2) is 4.79 Å². The lowest BCUT2D eigenvalue weighted by Crippen LogP contribution is -2.45. The Hall–Kier alpha value is -3.26. The molecule has 1 aliphatic heterocycles. The summed E-state index contributed by atoms with van der Waals surface area (Å²) < 4.78 is 10.6. The van der Waals surface area contributed by atoms with Crippen molar-refractivity contribution in [1.29, 1.82) is 0 Å². The molecule has 1 aliphatic rings. The lowest BCUT2D eigenvalue weighted by molar-refractivity contribution is -0.138. The Bertz CT molecular complexity index is 1040. The van der Waals surface area contributed by atoms with Crippen LogP contribution < -0.4 is 14.8 Å². The summed E-state index contributed by atoms with van der Waals surface area (Å²) >= 11 is 5.96. The molecule has 8 nitrogen and oxygen atoms in total. The van der Waals surface area contributed by atoms with Crippen LogP contribution in [0.25, 0.3) is 0 Å². The van der Waals surface area contributed by atoms with Gasteiger partial charge in [-0.1, -0.05) is 36.7 Å². The van der Waals surface area contributed by atoms with Gasteiger partial charge in [0.1, 0.15) is 12.1 Å². The zero-order chi connectivity index (χ0) is 24.2. The zero-order valence-corrected chi connectivity index (χ0v) is 19.9. The molecule has 2 aromatic rings. The van der Waals surface area contributed by atoms with E-state index in [1.807, 2.05) is 25.1 Å². The highest BCUT2D eigenvalue weighted by atomic mass is 35.5. The number of amides is 4. The van der Waals surface area contributed by atoms with E-state index in [9.17, 15) is 14.4 Å². The third kappa shape index (κ3) is 4.90. The molecule has 4 amide bonds. The topological polar surface area (TPSA) is 88.2 Å². The van der Waals surface area contributed by atoms with Gasteiger partial charge in [-0.3, -0.25) is 14.5 Å². The molecule has 1 heterocycles. The van der Waals surface area contributed by atoms with Crippen LogP contribution in [0.1, 0.15) is 24.5 Å². The molecule has 1 saturated heterocycles. The molecule has 0 bridgehead atoms. The van der Waals surface area contributed by atoms with Crippen LogP contribution in [0.2, 0.25) is 5.02 Å². The number of hydrogen-bond donors (Lipinski definition) is 1. The number of urea groups is 1. The van der Waals surface area contributed by atoms with E-state index in [2.05, 4.69) is 5.32 Å². The fourth-order valence-electron chi connectivity index (χ4n) is 3.86. The normalized spacial score (nSPS) is 17.7. The van der Waals surface area contributed by atoms with E-state index in [0.717, 1.165) is 10.5 Å². The summed E-state index contributed by atoms with van der Waals surface area (Å²) in [5.41, 5.74) is 0.389. The van der Waals surface area contributed by atoms with E-state index in [4.69, 9.17) is 21.1 Å². The number of carbonyl (C=O) groups excluding carboxylic acids is 3. The number of halogens is 1. The molecule has 1 fully saturated rings. The minimum atomic E-state index is -1.21. The summed E-state index contributed by atoms with van der Waals surface area (Å²) in [6.45, 7) is 1.89. The van der Waals surface area contributed by atoms with Gasteiger partial charge in [0.15, 0.2) is 11.5 Å². The number of rotatable bonds is 9. The van der Waals surface area contributed by atoms with Crippen molar-refractivity contribution in [2.24, 2.45) is 0 Å². The summed E-state index contributed by atoms with van der Waals surface area (Å²) in [5, 5.41) is 3.31. The maximum atomic E-state index is 13.2. The van der Waals surface area contributed by atoms with Crippen LogP contribution in [0.3, 0.4) is 0 Å². The Labute approximate surface area is 198 Å². The number of likely N-dealkylation sites (N-methyl/N-ethyl adjacent to an activating group) is 1. The molecular weight excluding hydrogens is 446 g/mol. The number of benzene rings is 2. The zero-order valence-electron chi connectivity index (χ0n) is 19.2. The maximum Gasteiger partial charge on any atom is 0.325 e. The highest BCUT2D eigenvalue weighted by molar-refractivity contribution is 6.30. The predicted octanol–water partition coefficient (Wildman–Crippen LogP) is 3.22. The average molecular weight is 474 g/mol. The fourth-order valence-corrected chi connectivity index (χ4v) is 3.98. The quantitative estimate of drug-likeness (QED) is 0.565. The number of ether oxygens (including phenoxy) is 2. The van der Waals surface area contributed by atoms with E-state index in [0.29, 0.717) is 41.5 Å². The van der Waals surface area contributed by atoms with Crippen molar-refractivity contribution in [1.82, 2.24) is 15.1 Å². The standard InChI is InChI=1S/C24H28ClN3O5/c1-5-24(17-7-9-18(25)10-8-17)22(30)28(23(31)26-24)15-21(29)27(2)13-12-16-6-11-19(32-3)20(14-16)33-4/h6-11,14H,5,12-13,15H2,1-4H3,(H,26,31). The Morgan fingerprint density at radius 2 is 1.76 bits per heavy atom. The number of carbonyl (C=O) groups is 3. The van der Waals surface area contributed by atoms with Crippen molar-refractivity contribution in [2.75, 3.05) is 34.4 Å². The molecule has 0 saturated carbocycles. The summed E-state index contributed by atoms with van der Waals surface area (Å²) in [4.78, 5) is 41.2. The number of hydrogen-bond acceptors (Lipinski definition) is 5. The highest BCUT2D eigenvalue weighted by Gasteiger charge is 2.51. The maximum absolute atomic E-state index is 13.2. The summed E-state index contributed by atoms with van der Waals surface area (Å²) in [6.07, 6.45) is 0.922. The van der Waals surface area contributed by atoms with Crippen LogP contribution >= 0.6 is 11.6 Å². The molecule has 9 heteroatoms. The number of nitrogens with zero attached hydrogens (tertiary/aromatic N) is 2. The van der Waals surface area contributed by atoms with E-state index in [1.165, 1.54) is 4.90 Å². The van der Waals surface area contributed by atoms with Crippen LogP contribution in [-0.2, 0) is 21.5 Å². The third-order valence-corrected chi connectivity index (χ3v) is 6.20. The molecule has 0 spiro atoms. The fraction of sp³-hybridized carbons (Fsp3) is 0.375. The first-order chi connectivity index (χ1) is 15.7. The van der Waals surface area contributed by atoms with Gasteiger partial charge in [0.05, 0.1) is 14.2 Å². The van der Waals surface area contributed by atoms with Crippen molar-refractivity contribution in [3.63, 3.8) is 0 Å². The second-order valence-electron chi connectivity index (χ2n) is 7.84. The van der Waals surface area contributed by atoms with Crippen LogP contribution in [0.5, 0.6) is 11.5 Å². The van der Waals surface area contributed by atoms with Gasteiger partial charge < -0.3 is 19.7 Å². The van der Waals surface area contributed by atoms with Gasteiger partial charge in [-0.2, -0.15) is 0 Å². The Balaban J connectivity index is 1.66. The van der Waals surface area contributed by atoms with Crippen LogP contribution in [0.15, 0.2) is 42.5 Å². The average Bonchev–Trinajstić information content (AvgIpc) is 3.07. The molecule has 2 aromatic carbocycles. The SMILES string of the molecule is CCC1(c2ccc(Cl)cc2)NC(=O)N(CC(=O)N(C)CCc2ccc(OC)c(OC)c2)C1=O. The molecule has 0 aromatic heterocycles. The first kappa shape index (κ1) is 24.4. The van der Waals surface area contributed by atoms with Crippen molar-refractivity contribution in [3.05, 3.63) is 58.6 Å². The van der Waals surface area contributed by atoms with Gasteiger partial charge in [0.2, 0.25) is 5.91 Å². The predicted molar refractivity (Wildman–Crippen MR) is 125 cm³/mol. The van der Waals surface area contributed by atoms with Crippen molar-refractivity contribution >= 4 is 29.4 Å². The summed E-state index contributed by atoms with van der Waals surface area (Å²) in [7, 11) is 4.78. The molecule has 1 unspecified atom stereocenters. The molecule has 3 rings (SSSR count). The van der Waals surface area contributed by atoms with Gasteiger partial charge in [-0.15, -0.1) is 0 Å². The van der Waals surface area contributed by atoms with Crippen molar-refractivity contribution in [2.45, 2.75) is 25.3 Å². The van der Waals surface area contributed by atoms with E-state index >= 15 is 0 Å². The molecule has 176 valence electrons. The minimum Gasteiger partial charge on any atom is -0.493 e. The Kier molecular flexibility index (Phi) is 7.48. The number of methoxy groups -OCH3 is 2. The van der Waals surface area contributed by atoms with E-state index < -0.39 is 17.5 Å². The largest absolute Gasteiger partial charge is 0.493 e.